The standard InChI is InChI=1S/C10H13N3O4/c1-16-6-2-3-8(7(11)4-6)17-5-9(14)13-10(12)15/h2-4H,5,11H2,1H3,(H3,12,13,14,15). The van der Waals surface area contributed by atoms with Gasteiger partial charge in [0.15, 0.2) is 6.61 Å². The highest BCUT2D eigenvalue weighted by atomic mass is 16.5. The van der Waals surface area contributed by atoms with Crippen LogP contribution < -0.4 is 26.3 Å². The maximum atomic E-state index is 11.1. The number of primary amides is 1. The monoisotopic (exact) mass is 239 g/mol. The van der Waals surface area contributed by atoms with Crippen LogP contribution in [0, 0.1) is 0 Å². The Balaban J connectivity index is 2.57. The number of carbonyl (C=O) groups excluding carboxylic acids is 2. The molecule has 1 rings (SSSR count). The molecule has 7 heteroatoms. The molecular weight excluding hydrogens is 226 g/mol. The quantitative estimate of drug-likeness (QED) is 0.632. The molecule has 0 radical (unpaired) electrons. The van der Waals surface area contributed by atoms with E-state index in [0.29, 0.717) is 17.2 Å². The van der Waals surface area contributed by atoms with Gasteiger partial charge in [0, 0.05) is 6.07 Å². The van der Waals surface area contributed by atoms with Crippen molar-refractivity contribution in [1.82, 2.24) is 5.32 Å². The number of benzene rings is 1. The van der Waals surface area contributed by atoms with Crippen LogP contribution >= 0.6 is 0 Å². The lowest BCUT2D eigenvalue weighted by atomic mass is 10.3. The summed E-state index contributed by atoms with van der Waals surface area (Å²) in [6, 6.07) is 3.83. The lowest BCUT2D eigenvalue weighted by Gasteiger charge is -2.09. The van der Waals surface area contributed by atoms with Gasteiger partial charge in [-0.05, 0) is 12.1 Å². The van der Waals surface area contributed by atoms with Crippen LogP contribution in [0.15, 0.2) is 18.2 Å². The van der Waals surface area contributed by atoms with Gasteiger partial charge in [0.1, 0.15) is 11.5 Å². The van der Waals surface area contributed by atoms with Crippen molar-refractivity contribution < 1.29 is 19.1 Å². The minimum atomic E-state index is -0.929. The van der Waals surface area contributed by atoms with Gasteiger partial charge in [0.2, 0.25) is 0 Å². The van der Waals surface area contributed by atoms with Gasteiger partial charge < -0.3 is 20.9 Å². The molecule has 0 aliphatic rings. The molecule has 0 saturated carbocycles. The van der Waals surface area contributed by atoms with E-state index in [0.717, 1.165) is 0 Å². The molecule has 0 spiro atoms. The first kappa shape index (κ1) is 12.6. The average Bonchev–Trinajstić information content (AvgIpc) is 2.26. The Bertz CT molecular complexity index is 434. The molecule has 0 aliphatic heterocycles. The predicted octanol–water partition coefficient (Wildman–Crippen LogP) is -0.149. The lowest BCUT2D eigenvalue weighted by Crippen LogP contribution is -2.38. The van der Waals surface area contributed by atoms with Crippen molar-refractivity contribution in [3.05, 3.63) is 18.2 Å². The molecule has 0 aliphatic carbocycles. The second-order valence-electron chi connectivity index (χ2n) is 3.10. The number of methoxy groups -OCH3 is 1. The third-order valence-corrected chi connectivity index (χ3v) is 1.84. The van der Waals surface area contributed by atoms with Gasteiger partial charge in [-0.3, -0.25) is 10.1 Å². The number of ether oxygens (including phenoxy) is 2. The number of anilines is 1. The maximum absolute atomic E-state index is 11.1. The molecule has 0 atom stereocenters. The Morgan fingerprint density at radius 3 is 2.65 bits per heavy atom. The summed E-state index contributed by atoms with van der Waals surface area (Å²) in [6.07, 6.45) is 0. The lowest BCUT2D eigenvalue weighted by molar-refractivity contribution is -0.121. The van der Waals surface area contributed by atoms with Gasteiger partial charge in [0.05, 0.1) is 12.8 Å². The SMILES string of the molecule is COc1ccc(OCC(=O)NC(N)=O)c(N)c1. The Kier molecular flexibility index (Phi) is 4.15. The zero-order valence-electron chi connectivity index (χ0n) is 9.23. The van der Waals surface area contributed by atoms with Gasteiger partial charge in [-0.1, -0.05) is 0 Å². The van der Waals surface area contributed by atoms with E-state index in [9.17, 15) is 9.59 Å². The summed E-state index contributed by atoms with van der Waals surface area (Å²) in [7, 11) is 1.51. The van der Waals surface area contributed by atoms with Crippen molar-refractivity contribution in [3.8, 4) is 11.5 Å². The first-order valence-corrected chi connectivity index (χ1v) is 4.68. The Labute approximate surface area is 97.7 Å². The van der Waals surface area contributed by atoms with E-state index in [1.165, 1.54) is 7.11 Å². The summed E-state index contributed by atoms with van der Waals surface area (Å²) in [4.78, 5) is 21.4. The van der Waals surface area contributed by atoms with E-state index in [2.05, 4.69) is 0 Å². The van der Waals surface area contributed by atoms with Gasteiger partial charge in [-0.15, -0.1) is 0 Å². The molecule has 1 aromatic rings. The summed E-state index contributed by atoms with van der Waals surface area (Å²) in [5.41, 5.74) is 10.7. The van der Waals surface area contributed by atoms with Crippen LogP contribution in [0.2, 0.25) is 0 Å². The van der Waals surface area contributed by atoms with Crippen LogP contribution in [-0.2, 0) is 4.79 Å². The zero-order chi connectivity index (χ0) is 12.8. The third-order valence-electron chi connectivity index (χ3n) is 1.84. The number of hydrogen-bond donors (Lipinski definition) is 3. The number of nitrogen functional groups attached to an aromatic ring is 1. The third kappa shape index (κ3) is 3.90. The highest BCUT2D eigenvalue weighted by molar-refractivity contribution is 5.94. The van der Waals surface area contributed by atoms with E-state index in [4.69, 9.17) is 20.9 Å². The molecular formula is C10H13N3O4. The summed E-state index contributed by atoms with van der Waals surface area (Å²) >= 11 is 0. The highest BCUT2D eigenvalue weighted by Crippen LogP contribution is 2.25. The average molecular weight is 239 g/mol. The van der Waals surface area contributed by atoms with Crippen LogP contribution in [0.5, 0.6) is 11.5 Å². The topological polar surface area (TPSA) is 117 Å². The Morgan fingerprint density at radius 2 is 2.12 bits per heavy atom. The minimum Gasteiger partial charge on any atom is -0.497 e. The van der Waals surface area contributed by atoms with Gasteiger partial charge >= 0.3 is 6.03 Å². The molecule has 0 fully saturated rings. The smallest absolute Gasteiger partial charge is 0.318 e. The minimum absolute atomic E-state index is 0.324. The highest BCUT2D eigenvalue weighted by Gasteiger charge is 2.07. The van der Waals surface area contributed by atoms with Crippen molar-refractivity contribution in [3.63, 3.8) is 0 Å². The van der Waals surface area contributed by atoms with Crippen LogP contribution in [0.3, 0.4) is 0 Å². The number of nitrogens with two attached hydrogens (primary N) is 2. The molecule has 0 bridgehead atoms. The van der Waals surface area contributed by atoms with E-state index in [1.54, 1.807) is 18.2 Å². The first-order valence-electron chi connectivity index (χ1n) is 4.68. The van der Waals surface area contributed by atoms with Crippen molar-refractivity contribution in [1.29, 1.82) is 0 Å². The maximum Gasteiger partial charge on any atom is 0.318 e. The van der Waals surface area contributed by atoms with Gasteiger partial charge in [-0.2, -0.15) is 0 Å². The van der Waals surface area contributed by atoms with Crippen molar-refractivity contribution in [2.24, 2.45) is 5.73 Å². The van der Waals surface area contributed by atoms with Crippen LogP contribution in [0.4, 0.5) is 10.5 Å². The molecule has 92 valence electrons. The van der Waals surface area contributed by atoms with Crippen LogP contribution in [0.1, 0.15) is 0 Å². The van der Waals surface area contributed by atoms with E-state index < -0.39 is 11.9 Å². The predicted molar refractivity (Wildman–Crippen MR) is 60.6 cm³/mol. The normalized spacial score (nSPS) is 9.47. The number of hydrogen-bond acceptors (Lipinski definition) is 5. The van der Waals surface area contributed by atoms with Crippen molar-refractivity contribution >= 4 is 17.6 Å². The number of rotatable bonds is 4. The number of urea groups is 1. The Hall–Kier alpha value is -2.44. The largest absolute Gasteiger partial charge is 0.497 e. The molecule has 0 saturated heterocycles. The molecule has 7 nitrogen and oxygen atoms in total. The van der Waals surface area contributed by atoms with Gasteiger partial charge in [-0.25, -0.2) is 4.79 Å². The molecule has 0 heterocycles. The van der Waals surface area contributed by atoms with E-state index >= 15 is 0 Å². The van der Waals surface area contributed by atoms with Crippen LogP contribution in [0.25, 0.3) is 0 Å². The van der Waals surface area contributed by atoms with Gasteiger partial charge in [0.25, 0.3) is 5.91 Å². The van der Waals surface area contributed by atoms with E-state index in [1.807, 2.05) is 5.32 Å². The summed E-state index contributed by atoms with van der Waals surface area (Å²) in [5, 5.41) is 1.86. The molecule has 5 N–H and O–H groups in total. The van der Waals surface area contributed by atoms with E-state index in [-0.39, 0.29) is 6.61 Å². The fourth-order valence-corrected chi connectivity index (χ4v) is 1.10. The Morgan fingerprint density at radius 1 is 1.41 bits per heavy atom. The summed E-state index contributed by atoms with van der Waals surface area (Å²) < 4.78 is 10.1. The molecule has 17 heavy (non-hydrogen) atoms. The molecule has 1 aromatic carbocycles. The number of amides is 3. The molecule has 0 unspecified atom stereocenters. The second kappa shape index (κ2) is 5.59. The van der Waals surface area contributed by atoms with Crippen molar-refractivity contribution in [2.45, 2.75) is 0 Å². The fourth-order valence-electron chi connectivity index (χ4n) is 1.10. The molecule has 0 aromatic heterocycles. The number of carbonyl (C=O) groups is 2. The summed E-state index contributed by atoms with van der Waals surface area (Å²) in [6.45, 7) is -0.348. The number of imide groups is 1. The fraction of sp³-hybridized carbons (Fsp3) is 0.200. The number of nitrogens with one attached hydrogen (secondary N) is 1. The second-order valence-corrected chi connectivity index (χ2v) is 3.10. The first-order chi connectivity index (χ1) is 8.02. The zero-order valence-corrected chi connectivity index (χ0v) is 9.23. The van der Waals surface area contributed by atoms with Crippen LogP contribution in [-0.4, -0.2) is 25.7 Å². The van der Waals surface area contributed by atoms with Crippen molar-refractivity contribution in [2.75, 3.05) is 19.5 Å². The summed E-state index contributed by atoms with van der Waals surface area (Å²) in [5.74, 6) is 0.259. The molecule has 3 amide bonds.